The van der Waals surface area contributed by atoms with Crippen LogP contribution in [0.25, 0.3) is 0 Å². The van der Waals surface area contributed by atoms with Crippen LogP contribution in [0.15, 0.2) is 97.1 Å². The normalized spacial score (nSPS) is 11.3. The van der Waals surface area contributed by atoms with E-state index in [4.69, 9.17) is 35.3 Å². The highest BCUT2D eigenvalue weighted by atomic mass is 19.4. The number of alkyl halides is 3. The van der Waals surface area contributed by atoms with Crippen LogP contribution in [-0.4, -0.2) is 41.7 Å². The molecule has 0 radical (unpaired) electrons. The number of carbonyl (C=O) groups excluding carboxylic acids is 1. The van der Waals surface area contributed by atoms with Crippen molar-refractivity contribution in [3.05, 3.63) is 108 Å². The summed E-state index contributed by atoms with van der Waals surface area (Å²) in [6.07, 6.45) is -5.13. The van der Waals surface area contributed by atoms with Gasteiger partial charge in [0.05, 0.1) is 18.4 Å². The van der Waals surface area contributed by atoms with Crippen LogP contribution in [0.2, 0.25) is 0 Å². The molecule has 0 aromatic heterocycles. The Bertz CT molecular complexity index is 1670. The molecule has 1 amide bonds. The standard InChI is InChI=1S/C32H35N5O4.C2HF3O2/c1-4-39-29-20-23(16-19-28(29)40-21(2)3)30(35-24-17-14-22(15-18-24)31(33)34)32(38)37-36-26-12-8-9-13-27(26)41-25-10-6-5-7-11-25;3-2(4,5)1(6)7/h5-21,30,35-36H,4H2,1-3H3,(H3,33,34)(H,37,38);(H,6,7). The number of amidine groups is 1. The summed E-state index contributed by atoms with van der Waals surface area (Å²) in [5, 5.41) is 18.1. The molecule has 14 heteroatoms. The molecular weight excluding hydrogens is 631 g/mol. The lowest BCUT2D eigenvalue weighted by Gasteiger charge is -2.23. The van der Waals surface area contributed by atoms with Crippen LogP contribution in [0, 0.1) is 5.41 Å². The van der Waals surface area contributed by atoms with Gasteiger partial charge in [-0.1, -0.05) is 36.4 Å². The van der Waals surface area contributed by atoms with Crippen molar-refractivity contribution in [3.8, 4) is 23.0 Å². The van der Waals surface area contributed by atoms with Crippen molar-refractivity contribution in [2.75, 3.05) is 17.3 Å². The lowest BCUT2D eigenvalue weighted by molar-refractivity contribution is -0.192. The number of carbonyl (C=O) groups is 2. The number of rotatable bonds is 13. The Morgan fingerprint density at radius 2 is 1.52 bits per heavy atom. The molecule has 0 spiro atoms. The Kier molecular flexibility index (Phi) is 13.0. The predicted molar refractivity (Wildman–Crippen MR) is 176 cm³/mol. The van der Waals surface area contributed by atoms with Gasteiger partial charge >= 0.3 is 12.1 Å². The number of nitrogens with one attached hydrogen (secondary N) is 4. The van der Waals surface area contributed by atoms with Crippen LogP contribution >= 0.6 is 0 Å². The molecule has 4 aromatic carbocycles. The van der Waals surface area contributed by atoms with Gasteiger partial charge in [-0.2, -0.15) is 13.2 Å². The number of nitrogen functional groups attached to an aromatic ring is 1. The maximum absolute atomic E-state index is 13.7. The number of ether oxygens (including phenoxy) is 3. The van der Waals surface area contributed by atoms with Gasteiger partial charge in [0.15, 0.2) is 17.2 Å². The molecule has 1 atom stereocenters. The fourth-order valence-electron chi connectivity index (χ4n) is 4.01. The zero-order chi connectivity index (χ0) is 35.3. The lowest BCUT2D eigenvalue weighted by Crippen LogP contribution is -2.37. The highest BCUT2D eigenvalue weighted by Crippen LogP contribution is 2.33. The van der Waals surface area contributed by atoms with Crippen LogP contribution < -0.4 is 36.1 Å². The zero-order valence-corrected chi connectivity index (χ0v) is 26.3. The smallest absolute Gasteiger partial charge is 0.490 e. The first-order valence-corrected chi connectivity index (χ1v) is 14.6. The van der Waals surface area contributed by atoms with Crippen LogP contribution in [0.5, 0.6) is 23.0 Å². The van der Waals surface area contributed by atoms with E-state index < -0.39 is 18.2 Å². The second kappa shape index (κ2) is 17.1. The minimum Gasteiger partial charge on any atom is -0.490 e. The van der Waals surface area contributed by atoms with E-state index in [9.17, 15) is 18.0 Å². The number of para-hydroxylation sites is 3. The Hall–Kier alpha value is -5.92. The van der Waals surface area contributed by atoms with Gasteiger partial charge in [-0.05, 0) is 87.0 Å². The first kappa shape index (κ1) is 36.5. The summed E-state index contributed by atoms with van der Waals surface area (Å²) in [6.45, 7) is 6.21. The molecule has 0 saturated carbocycles. The first-order valence-electron chi connectivity index (χ1n) is 14.6. The number of carboxylic acid groups (broad SMARTS) is 1. The molecule has 0 bridgehead atoms. The van der Waals surface area contributed by atoms with E-state index in [2.05, 4.69) is 16.2 Å². The Balaban J connectivity index is 0.000000804. The third kappa shape index (κ3) is 11.2. The van der Waals surface area contributed by atoms with Crippen molar-refractivity contribution in [2.24, 2.45) is 5.73 Å². The molecular formula is C34H36F3N5O6. The molecule has 254 valence electrons. The van der Waals surface area contributed by atoms with Gasteiger partial charge in [0.25, 0.3) is 5.91 Å². The molecule has 4 aromatic rings. The monoisotopic (exact) mass is 667 g/mol. The molecule has 48 heavy (non-hydrogen) atoms. The van der Waals surface area contributed by atoms with Gasteiger partial charge in [0.1, 0.15) is 17.6 Å². The van der Waals surface area contributed by atoms with Crippen LogP contribution in [0.1, 0.15) is 37.9 Å². The summed E-state index contributed by atoms with van der Waals surface area (Å²) < 4.78 is 49.5. The third-order valence-electron chi connectivity index (χ3n) is 6.15. The van der Waals surface area contributed by atoms with E-state index in [1.54, 1.807) is 36.4 Å². The van der Waals surface area contributed by atoms with Gasteiger partial charge in [-0.25, -0.2) is 4.79 Å². The first-order chi connectivity index (χ1) is 22.8. The van der Waals surface area contributed by atoms with E-state index in [0.29, 0.717) is 52.1 Å². The van der Waals surface area contributed by atoms with Crippen LogP contribution in [0.4, 0.5) is 24.5 Å². The average molecular weight is 668 g/mol. The Labute approximate surface area is 275 Å². The summed E-state index contributed by atoms with van der Waals surface area (Å²) in [5.41, 5.74) is 13.9. The quantitative estimate of drug-likeness (QED) is 0.0506. The van der Waals surface area contributed by atoms with Gasteiger partial charge in [0.2, 0.25) is 0 Å². The number of amides is 1. The summed E-state index contributed by atoms with van der Waals surface area (Å²) in [5.74, 6) is -0.775. The van der Waals surface area contributed by atoms with E-state index in [-0.39, 0.29) is 17.8 Å². The highest BCUT2D eigenvalue weighted by Gasteiger charge is 2.38. The van der Waals surface area contributed by atoms with E-state index in [1.807, 2.05) is 81.4 Å². The Morgan fingerprint density at radius 1 is 0.896 bits per heavy atom. The minimum atomic E-state index is -5.08. The van der Waals surface area contributed by atoms with Gasteiger partial charge in [-0.3, -0.25) is 21.1 Å². The van der Waals surface area contributed by atoms with Crippen molar-refractivity contribution < 1.29 is 42.1 Å². The topological polar surface area (TPSA) is 168 Å². The van der Waals surface area contributed by atoms with E-state index in [1.165, 1.54) is 0 Å². The highest BCUT2D eigenvalue weighted by molar-refractivity contribution is 5.95. The molecule has 4 rings (SSSR count). The molecule has 1 unspecified atom stereocenters. The summed E-state index contributed by atoms with van der Waals surface area (Å²) in [4.78, 5) is 22.6. The molecule has 0 aliphatic carbocycles. The molecule has 0 aliphatic heterocycles. The molecule has 11 nitrogen and oxygen atoms in total. The molecule has 0 fully saturated rings. The van der Waals surface area contributed by atoms with Crippen molar-refractivity contribution in [1.29, 1.82) is 5.41 Å². The maximum Gasteiger partial charge on any atom is 0.490 e. The van der Waals surface area contributed by atoms with Gasteiger partial charge < -0.3 is 30.4 Å². The summed E-state index contributed by atoms with van der Waals surface area (Å²) >= 11 is 0. The second-order valence-corrected chi connectivity index (χ2v) is 10.2. The van der Waals surface area contributed by atoms with Crippen LogP contribution in [-0.2, 0) is 9.59 Å². The largest absolute Gasteiger partial charge is 0.490 e. The third-order valence-corrected chi connectivity index (χ3v) is 6.15. The second-order valence-electron chi connectivity index (χ2n) is 10.2. The molecule has 0 heterocycles. The number of hydrogen-bond acceptors (Lipinski definition) is 8. The Morgan fingerprint density at radius 3 is 2.10 bits per heavy atom. The van der Waals surface area contributed by atoms with Crippen molar-refractivity contribution in [2.45, 2.75) is 39.1 Å². The number of nitrogens with two attached hydrogens (primary N) is 1. The average Bonchev–Trinajstić information content (AvgIpc) is 3.04. The van der Waals surface area contributed by atoms with E-state index in [0.717, 1.165) is 0 Å². The number of halogens is 3. The SMILES string of the molecule is CCOc1cc(C(Nc2ccc(C(=N)N)cc2)C(=O)NNc2ccccc2Oc2ccccc2)ccc1OC(C)C.O=C(O)C(F)(F)F. The van der Waals surface area contributed by atoms with Crippen molar-refractivity contribution in [1.82, 2.24) is 5.43 Å². The van der Waals surface area contributed by atoms with Gasteiger partial charge in [0, 0.05) is 11.3 Å². The number of hydrogen-bond donors (Lipinski definition) is 6. The number of anilines is 2. The fourth-order valence-corrected chi connectivity index (χ4v) is 4.01. The lowest BCUT2D eigenvalue weighted by atomic mass is 10.0. The maximum atomic E-state index is 13.7. The van der Waals surface area contributed by atoms with Crippen molar-refractivity contribution >= 4 is 29.1 Å². The summed E-state index contributed by atoms with van der Waals surface area (Å²) in [7, 11) is 0. The summed E-state index contributed by atoms with van der Waals surface area (Å²) in [6, 6.07) is 28.3. The minimum absolute atomic E-state index is 0.0338. The molecule has 0 aliphatic rings. The molecule has 7 N–H and O–H groups in total. The fraction of sp³-hybridized carbons (Fsp3) is 0.206. The number of benzene rings is 4. The number of aliphatic carboxylic acids is 1. The number of carboxylic acids is 1. The van der Waals surface area contributed by atoms with Crippen molar-refractivity contribution in [3.63, 3.8) is 0 Å². The van der Waals surface area contributed by atoms with Crippen LogP contribution in [0.3, 0.4) is 0 Å². The van der Waals surface area contributed by atoms with Gasteiger partial charge in [-0.15, -0.1) is 0 Å². The van der Waals surface area contributed by atoms with E-state index >= 15 is 0 Å². The number of hydrazine groups is 1. The zero-order valence-electron chi connectivity index (χ0n) is 26.3. The molecule has 0 saturated heterocycles. The predicted octanol–water partition coefficient (Wildman–Crippen LogP) is 6.88.